The predicted octanol–water partition coefficient (Wildman–Crippen LogP) is 2.65. The molecule has 29 heavy (non-hydrogen) atoms. The van der Waals surface area contributed by atoms with Gasteiger partial charge in [0.25, 0.3) is 5.89 Å². The number of halogens is 1. The highest BCUT2D eigenvalue weighted by Crippen LogP contribution is 2.39. The zero-order valence-corrected chi connectivity index (χ0v) is 15.4. The first-order chi connectivity index (χ1) is 14.2. The topological polar surface area (TPSA) is 98.2 Å². The molecule has 3 aromatic heterocycles. The summed E-state index contributed by atoms with van der Waals surface area (Å²) in [6.07, 6.45) is 3.95. The molecule has 1 N–H and O–H groups in total. The molecule has 1 aliphatic rings. The van der Waals surface area contributed by atoms with Crippen LogP contribution in [0.2, 0.25) is 0 Å². The van der Waals surface area contributed by atoms with E-state index in [-0.39, 0.29) is 24.7 Å². The number of amides is 1. The molecule has 0 aliphatic heterocycles. The molecule has 0 saturated heterocycles. The molecule has 1 saturated carbocycles. The molecule has 4 aromatic rings. The van der Waals surface area contributed by atoms with Crippen molar-refractivity contribution in [3.8, 4) is 11.5 Å². The molecule has 5 rings (SSSR count). The molecule has 1 aliphatic carbocycles. The van der Waals surface area contributed by atoms with E-state index in [2.05, 4.69) is 25.7 Å². The fourth-order valence-electron chi connectivity index (χ4n) is 3.14. The van der Waals surface area contributed by atoms with Crippen LogP contribution in [0.4, 0.5) is 4.39 Å². The maximum atomic E-state index is 13.7. The number of benzene rings is 1. The van der Waals surface area contributed by atoms with E-state index in [1.807, 2.05) is 12.1 Å². The van der Waals surface area contributed by atoms with Gasteiger partial charge < -0.3 is 9.84 Å². The molecular weight excluding hydrogens is 375 g/mol. The van der Waals surface area contributed by atoms with Crippen LogP contribution in [0.3, 0.4) is 0 Å². The van der Waals surface area contributed by atoms with E-state index in [1.165, 1.54) is 6.07 Å². The highest BCUT2D eigenvalue weighted by atomic mass is 19.1. The first-order valence-corrected chi connectivity index (χ1v) is 9.36. The lowest BCUT2D eigenvalue weighted by atomic mass is 10.2. The van der Waals surface area contributed by atoms with Crippen LogP contribution < -0.4 is 5.32 Å². The lowest BCUT2D eigenvalue weighted by molar-refractivity contribution is -0.120. The van der Waals surface area contributed by atoms with Gasteiger partial charge >= 0.3 is 0 Å². The van der Waals surface area contributed by atoms with Gasteiger partial charge in [-0.25, -0.2) is 4.39 Å². The quantitative estimate of drug-likeness (QED) is 0.542. The van der Waals surface area contributed by atoms with Crippen molar-refractivity contribution in [3.63, 3.8) is 0 Å². The number of carbonyl (C=O) groups excluding carboxylic acids is 1. The van der Waals surface area contributed by atoms with Gasteiger partial charge in [-0.2, -0.15) is 4.98 Å². The van der Waals surface area contributed by atoms with Crippen LogP contribution in [0.15, 0.2) is 47.1 Å². The Hall–Kier alpha value is -3.62. The van der Waals surface area contributed by atoms with Crippen molar-refractivity contribution >= 4 is 11.6 Å². The zero-order valence-electron chi connectivity index (χ0n) is 15.4. The van der Waals surface area contributed by atoms with E-state index < -0.39 is 0 Å². The smallest absolute Gasteiger partial charge is 0.261 e. The Balaban J connectivity index is 1.34. The molecule has 9 heteroatoms. The molecule has 146 valence electrons. The van der Waals surface area contributed by atoms with Crippen molar-refractivity contribution in [2.24, 2.45) is 0 Å². The first-order valence-electron chi connectivity index (χ1n) is 9.36. The fourth-order valence-corrected chi connectivity index (χ4v) is 3.14. The summed E-state index contributed by atoms with van der Waals surface area (Å²) in [5, 5.41) is 15.1. The van der Waals surface area contributed by atoms with Crippen LogP contribution in [-0.4, -0.2) is 30.6 Å². The Morgan fingerprint density at radius 2 is 2.07 bits per heavy atom. The van der Waals surface area contributed by atoms with E-state index in [4.69, 9.17) is 4.52 Å². The number of aromatic nitrogens is 5. The molecule has 3 heterocycles. The number of nitrogens with zero attached hydrogens (tertiary/aromatic N) is 5. The fraction of sp³-hybridized carbons (Fsp3) is 0.250. The monoisotopic (exact) mass is 392 g/mol. The van der Waals surface area contributed by atoms with Crippen LogP contribution in [0, 0.1) is 5.82 Å². The maximum absolute atomic E-state index is 13.7. The normalized spacial score (nSPS) is 13.7. The summed E-state index contributed by atoms with van der Waals surface area (Å²) in [5.41, 5.74) is 1.63. The standard InChI is InChI=1S/C20H17FN6O2/c21-15-6-2-1-4-13(15)11-22-17(28)10-16-24-25-19-14(5-3-9-27(16)19)20-23-18(26-29-20)12-7-8-12/h1-6,9,12H,7-8,10-11H2,(H,22,28). The van der Waals surface area contributed by atoms with Crippen LogP contribution in [0.1, 0.15) is 36.0 Å². The highest BCUT2D eigenvalue weighted by molar-refractivity contribution is 5.78. The molecule has 1 aromatic carbocycles. The minimum Gasteiger partial charge on any atom is -0.352 e. The molecule has 1 amide bonds. The summed E-state index contributed by atoms with van der Waals surface area (Å²) in [4.78, 5) is 16.8. The Labute approximate surface area is 164 Å². The van der Waals surface area contributed by atoms with Gasteiger partial charge in [0, 0.05) is 24.2 Å². The van der Waals surface area contributed by atoms with Crippen molar-refractivity contribution < 1.29 is 13.7 Å². The number of carbonyl (C=O) groups is 1. The van der Waals surface area contributed by atoms with Gasteiger partial charge in [0.2, 0.25) is 5.91 Å². The third-order valence-corrected chi connectivity index (χ3v) is 4.87. The minimum absolute atomic E-state index is 0.0101. The third kappa shape index (κ3) is 3.46. The van der Waals surface area contributed by atoms with Crippen LogP contribution in [-0.2, 0) is 17.8 Å². The van der Waals surface area contributed by atoms with Gasteiger partial charge in [0.05, 0.1) is 12.0 Å². The second-order valence-corrected chi connectivity index (χ2v) is 7.01. The molecule has 0 spiro atoms. The number of hydrogen-bond acceptors (Lipinski definition) is 6. The Kier molecular flexibility index (Phi) is 4.27. The van der Waals surface area contributed by atoms with Gasteiger partial charge in [-0.15, -0.1) is 10.2 Å². The van der Waals surface area contributed by atoms with Crippen molar-refractivity contribution in [1.29, 1.82) is 0 Å². The molecule has 0 atom stereocenters. The largest absolute Gasteiger partial charge is 0.352 e. The second kappa shape index (κ2) is 7.08. The predicted molar refractivity (Wildman–Crippen MR) is 100 cm³/mol. The Morgan fingerprint density at radius 3 is 2.90 bits per heavy atom. The second-order valence-electron chi connectivity index (χ2n) is 7.01. The number of rotatable bonds is 6. The molecule has 1 fully saturated rings. The van der Waals surface area contributed by atoms with Gasteiger partial charge in [0.15, 0.2) is 11.5 Å². The molecule has 0 radical (unpaired) electrons. The molecule has 0 bridgehead atoms. The lowest BCUT2D eigenvalue weighted by Crippen LogP contribution is -2.25. The van der Waals surface area contributed by atoms with Gasteiger partial charge in [-0.1, -0.05) is 23.4 Å². The average Bonchev–Trinajstić information content (AvgIpc) is 3.32. The first kappa shape index (κ1) is 17.5. The third-order valence-electron chi connectivity index (χ3n) is 4.87. The van der Waals surface area contributed by atoms with Gasteiger partial charge in [-0.05, 0) is 31.0 Å². The summed E-state index contributed by atoms with van der Waals surface area (Å²) < 4.78 is 20.8. The van der Waals surface area contributed by atoms with Crippen molar-refractivity contribution in [3.05, 3.63) is 65.6 Å². The number of fused-ring (bicyclic) bond motifs is 1. The van der Waals surface area contributed by atoms with E-state index in [0.717, 1.165) is 12.8 Å². The molecule has 0 unspecified atom stereocenters. The van der Waals surface area contributed by atoms with Crippen molar-refractivity contribution in [2.75, 3.05) is 0 Å². The van der Waals surface area contributed by atoms with E-state index >= 15 is 0 Å². The maximum Gasteiger partial charge on any atom is 0.261 e. The highest BCUT2D eigenvalue weighted by Gasteiger charge is 2.29. The summed E-state index contributed by atoms with van der Waals surface area (Å²) in [6, 6.07) is 9.97. The summed E-state index contributed by atoms with van der Waals surface area (Å²) >= 11 is 0. The van der Waals surface area contributed by atoms with E-state index in [0.29, 0.717) is 40.2 Å². The van der Waals surface area contributed by atoms with Crippen molar-refractivity contribution in [1.82, 2.24) is 30.1 Å². The minimum atomic E-state index is -0.351. The number of pyridine rings is 1. The van der Waals surface area contributed by atoms with Crippen LogP contribution in [0.25, 0.3) is 17.1 Å². The van der Waals surface area contributed by atoms with Crippen molar-refractivity contribution in [2.45, 2.75) is 31.7 Å². The van der Waals surface area contributed by atoms with Crippen LogP contribution >= 0.6 is 0 Å². The van der Waals surface area contributed by atoms with Gasteiger partial charge in [0.1, 0.15) is 11.6 Å². The van der Waals surface area contributed by atoms with Gasteiger partial charge in [-0.3, -0.25) is 9.20 Å². The Bertz CT molecular complexity index is 1200. The van der Waals surface area contributed by atoms with Crippen LogP contribution in [0.5, 0.6) is 0 Å². The SMILES string of the molecule is O=C(Cc1nnc2c(-c3nc(C4CC4)no3)cccn12)NCc1ccccc1F. The number of hydrogen-bond donors (Lipinski definition) is 1. The Morgan fingerprint density at radius 1 is 1.21 bits per heavy atom. The summed E-state index contributed by atoms with van der Waals surface area (Å²) in [5.74, 6) is 1.33. The zero-order chi connectivity index (χ0) is 19.8. The molecule has 8 nitrogen and oxygen atoms in total. The average molecular weight is 392 g/mol. The van der Waals surface area contributed by atoms with E-state index in [9.17, 15) is 9.18 Å². The molecular formula is C20H17FN6O2. The van der Waals surface area contributed by atoms with E-state index in [1.54, 1.807) is 28.8 Å². The summed E-state index contributed by atoms with van der Waals surface area (Å²) in [7, 11) is 0. The number of nitrogens with one attached hydrogen (secondary N) is 1. The lowest BCUT2D eigenvalue weighted by Gasteiger charge is -2.06. The summed E-state index contributed by atoms with van der Waals surface area (Å²) in [6.45, 7) is 0.111.